The summed E-state index contributed by atoms with van der Waals surface area (Å²) in [5.74, 6) is -0.248. The molecule has 0 atom stereocenters. The highest BCUT2D eigenvalue weighted by Crippen LogP contribution is 2.14. The summed E-state index contributed by atoms with van der Waals surface area (Å²) >= 11 is 0. The van der Waals surface area contributed by atoms with Crippen LogP contribution in [0.2, 0.25) is 0 Å². The molecule has 0 spiro atoms. The van der Waals surface area contributed by atoms with Gasteiger partial charge in [0.05, 0.1) is 19.6 Å². The molecule has 0 saturated heterocycles. The molecule has 4 nitrogen and oxygen atoms in total. The summed E-state index contributed by atoms with van der Waals surface area (Å²) in [5, 5.41) is 0. The number of rotatable bonds is 4. The van der Waals surface area contributed by atoms with Crippen molar-refractivity contribution in [2.24, 2.45) is 5.41 Å². The molecular weight excluding hydrogens is 146 g/mol. The van der Waals surface area contributed by atoms with Crippen LogP contribution < -0.4 is 5.48 Å². The summed E-state index contributed by atoms with van der Waals surface area (Å²) < 4.78 is 4.58. The second-order valence-electron chi connectivity index (χ2n) is 2.90. The van der Waals surface area contributed by atoms with Crippen LogP contribution in [0.25, 0.3) is 0 Å². The fourth-order valence-corrected chi connectivity index (χ4v) is 0.601. The topological polar surface area (TPSA) is 47.6 Å². The van der Waals surface area contributed by atoms with E-state index in [-0.39, 0.29) is 5.97 Å². The van der Waals surface area contributed by atoms with Crippen molar-refractivity contribution in [1.82, 2.24) is 5.48 Å². The van der Waals surface area contributed by atoms with Crippen LogP contribution in [0.1, 0.15) is 13.8 Å². The van der Waals surface area contributed by atoms with Gasteiger partial charge in [0.25, 0.3) is 0 Å². The standard InChI is InChI=1S/C7H15NO3/c1-7(2,5-8-11-4)6(9)10-3/h8H,5H2,1-4H3. The number of esters is 1. The fourth-order valence-electron chi connectivity index (χ4n) is 0.601. The van der Waals surface area contributed by atoms with Gasteiger partial charge in [-0.2, -0.15) is 0 Å². The molecule has 66 valence electrons. The molecule has 0 fully saturated rings. The highest BCUT2D eigenvalue weighted by Gasteiger charge is 2.28. The quantitative estimate of drug-likeness (QED) is 0.477. The molecule has 0 aromatic rings. The van der Waals surface area contributed by atoms with Crippen LogP contribution in [-0.2, 0) is 14.4 Å². The van der Waals surface area contributed by atoms with Crippen molar-refractivity contribution in [3.8, 4) is 0 Å². The molecule has 0 heterocycles. The predicted octanol–water partition coefficient (Wildman–Crippen LogP) is 0.337. The third kappa shape index (κ3) is 3.34. The Hall–Kier alpha value is -0.610. The normalized spacial score (nSPS) is 11.3. The highest BCUT2D eigenvalue weighted by molar-refractivity contribution is 5.75. The molecule has 0 aliphatic heterocycles. The van der Waals surface area contributed by atoms with Crippen molar-refractivity contribution in [3.05, 3.63) is 0 Å². The van der Waals surface area contributed by atoms with Gasteiger partial charge in [0.2, 0.25) is 0 Å². The number of hydrogen-bond donors (Lipinski definition) is 1. The molecule has 0 aromatic carbocycles. The Labute approximate surface area is 66.8 Å². The van der Waals surface area contributed by atoms with Gasteiger partial charge in [0, 0.05) is 6.54 Å². The van der Waals surface area contributed by atoms with E-state index in [1.807, 2.05) is 0 Å². The number of ether oxygens (including phenoxy) is 1. The van der Waals surface area contributed by atoms with Crippen LogP contribution in [0.5, 0.6) is 0 Å². The van der Waals surface area contributed by atoms with Crippen LogP contribution in [-0.4, -0.2) is 26.7 Å². The minimum atomic E-state index is -0.537. The van der Waals surface area contributed by atoms with Crippen LogP contribution in [0, 0.1) is 5.41 Å². The van der Waals surface area contributed by atoms with Gasteiger partial charge in [-0.05, 0) is 13.8 Å². The average molecular weight is 161 g/mol. The van der Waals surface area contributed by atoms with Crippen LogP contribution >= 0.6 is 0 Å². The van der Waals surface area contributed by atoms with Gasteiger partial charge < -0.3 is 9.57 Å². The van der Waals surface area contributed by atoms with Gasteiger partial charge in [0.15, 0.2) is 0 Å². The number of methoxy groups -OCH3 is 1. The van der Waals surface area contributed by atoms with Gasteiger partial charge in [-0.15, -0.1) is 0 Å². The maximum absolute atomic E-state index is 11.0. The molecule has 0 unspecified atom stereocenters. The van der Waals surface area contributed by atoms with Gasteiger partial charge in [-0.3, -0.25) is 4.79 Å². The highest BCUT2D eigenvalue weighted by atomic mass is 16.6. The third-order valence-corrected chi connectivity index (χ3v) is 1.40. The second kappa shape index (κ2) is 4.31. The molecule has 0 aliphatic rings. The van der Waals surface area contributed by atoms with E-state index >= 15 is 0 Å². The van der Waals surface area contributed by atoms with E-state index in [0.29, 0.717) is 6.54 Å². The monoisotopic (exact) mass is 161 g/mol. The van der Waals surface area contributed by atoms with Crippen LogP contribution in [0.15, 0.2) is 0 Å². The lowest BCUT2D eigenvalue weighted by atomic mass is 9.94. The Kier molecular flexibility index (Phi) is 4.07. The largest absolute Gasteiger partial charge is 0.469 e. The third-order valence-electron chi connectivity index (χ3n) is 1.40. The Morgan fingerprint density at radius 1 is 1.45 bits per heavy atom. The van der Waals surface area contributed by atoms with Crippen molar-refractivity contribution in [2.75, 3.05) is 20.8 Å². The van der Waals surface area contributed by atoms with Crippen molar-refractivity contribution in [3.63, 3.8) is 0 Å². The first-order valence-electron chi connectivity index (χ1n) is 3.39. The molecular formula is C7H15NO3. The lowest BCUT2D eigenvalue weighted by Crippen LogP contribution is -2.36. The SMILES string of the molecule is CONCC(C)(C)C(=O)OC. The molecule has 0 saturated carbocycles. The molecule has 1 N–H and O–H groups in total. The first-order valence-corrected chi connectivity index (χ1v) is 3.39. The minimum Gasteiger partial charge on any atom is -0.469 e. The summed E-state index contributed by atoms with van der Waals surface area (Å²) in [6, 6.07) is 0. The van der Waals surface area contributed by atoms with Crippen molar-refractivity contribution in [2.45, 2.75) is 13.8 Å². The maximum Gasteiger partial charge on any atom is 0.312 e. The van der Waals surface area contributed by atoms with Gasteiger partial charge in [-0.1, -0.05) is 0 Å². The van der Waals surface area contributed by atoms with E-state index in [2.05, 4.69) is 15.1 Å². The zero-order valence-corrected chi connectivity index (χ0v) is 7.43. The first kappa shape index (κ1) is 10.4. The molecule has 4 heteroatoms. The molecule has 0 amide bonds. The van der Waals surface area contributed by atoms with E-state index in [9.17, 15) is 4.79 Å². The Balaban J connectivity index is 3.88. The van der Waals surface area contributed by atoms with E-state index in [1.54, 1.807) is 13.8 Å². The smallest absolute Gasteiger partial charge is 0.312 e. The molecule has 0 rings (SSSR count). The van der Waals surface area contributed by atoms with E-state index < -0.39 is 5.41 Å². The summed E-state index contributed by atoms with van der Waals surface area (Å²) in [6.45, 7) is 4.01. The van der Waals surface area contributed by atoms with Crippen molar-refractivity contribution in [1.29, 1.82) is 0 Å². The first-order chi connectivity index (χ1) is 5.04. The number of hydroxylamine groups is 1. The minimum absolute atomic E-state index is 0.248. The van der Waals surface area contributed by atoms with Gasteiger partial charge in [0.1, 0.15) is 0 Å². The molecule has 0 aromatic heterocycles. The number of carbonyl (C=O) groups is 1. The zero-order chi connectivity index (χ0) is 8.91. The molecule has 0 bridgehead atoms. The van der Waals surface area contributed by atoms with E-state index in [1.165, 1.54) is 14.2 Å². The molecule has 0 aliphatic carbocycles. The number of nitrogens with one attached hydrogen (secondary N) is 1. The molecule has 0 radical (unpaired) electrons. The summed E-state index contributed by atoms with van der Waals surface area (Å²) in [6.07, 6.45) is 0. The molecule has 11 heavy (non-hydrogen) atoms. The Morgan fingerprint density at radius 3 is 2.36 bits per heavy atom. The summed E-state index contributed by atoms with van der Waals surface area (Å²) in [5.41, 5.74) is 2.07. The van der Waals surface area contributed by atoms with Crippen molar-refractivity contribution >= 4 is 5.97 Å². The van der Waals surface area contributed by atoms with Gasteiger partial charge in [-0.25, -0.2) is 5.48 Å². The summed E-state index contributed by atoms with van der Waals surface area (Å²) in [4.78, 5) is 15.6. The van der Waals surface area contributed by atoms with Crippen LogP contribution in [0.4, 0.5) is 0 Å². The average Bonchev–Trinajstić information content (AvgIpc) is 1.99. The number of hydrogen-bond acceptors (Lipinski definition) is 4. The fraction of sp³-hybridized carbons (Fsp3) is 0.857. The lowest BCUT2D eigenvalue weighted by molar-refractivity contribution is -0.151. The van der Waals surface area contributed by atoms with E-state index in [4.69, 9.17) is 0 Å². The lowest BCUT2D eigenvalue weighted by Gasteiger charge is -2.20. The Morgan fingerprint density at radius 2 is 2.00 bits per heavy atom. The van der Waals surface area contributed by atoms with Crippen molar-refractivity contribution < 1.29 is 14.4 Å². The zero-order valence-electron chi connectivity index (χ0n) is 7.43. The van der Waals surface area contributed by atoms with E-state index in [0.717, 1.165) is 0 Å². The van der Waals surface area contributed by atoms with Gasteiger partial charge >= 0.3 is 5.97 Å². The number of carbonyl (C=O) groups excluding carboxylic acids is 1. The maximum atomic E-state index is 11.0. The second-order valence-corrected chi connectivity index (χ2v) is 2.90. The van der Waals surface area contributed by atoms with Crippen LogP contribution in [0.3, 0.4) is 0 Å². The predicted molar refractivity (Wildman–Crippen MR) is 40.8 cm³/mol. The Bertz CT molecular complexity index is 134. The summed E-state index contributed by atoms with van der Waals surface area (Å²) in [7, 11) is 2.88.